The molecule has 0 saturated carbocycles. The van der Waals surface area contributed by atoms with Gasteiger partial charge >= 0.3 is 75.5 Å². The summed E-state index contributed by atoms with van der Waals surface area (Å²) in [6.07, 6.45) is -23.1. The van der Waals surface area contributed by atoms with Gasteiger partial charge in [0.1, 0.15) is 73.2 Å². The van der Waals surface area contributed by atoms with Crippen LogP contribution in [-0.2, 0) is 19.2 Å². The van der Waals surface area contributed by atoms with E-state index in [1.165, 1.54) is 0 Å². The van der Waals surface area contributed by atoms with Gasteiger partial charge in [0.2, 0.25) is 0 Å². The Labute approximate surface area is 317 Å². The number of carbonyl (C=O) groups is 4. The Balaban J connectivity index is -0.000000114. The minimum absolute atomic E-state index is 0. The molecule has 0 amide bonds. The van der Waals surface area contributed by atoms with Crippen molar-refractivity contribution >= 4 is 99.4 Å². The van der Waals surface area contributed by atoms with Crippen molar-refractivity contribution in [3.63, 3.8) is 0 Å². The third-order valence-electron chi connectivity index (χ3n) is 4.59. The molecular formula is C20H36Ca2O24. The Morgan fingerprint density at radius 1 is 0.348 bits per heavy atom. The molecule has 26 heteroatoms. The predicted molar refractivity (Wildman–Crippen MR) is 132 cm³/mol. The molecule has 0 aliphatic rings. The maximum absolute atomic E-state index is 9.85. The Kier molecular flexibility index (Phi) is 40.3. The van der Waals surface area contributed by atoms with E-state index in [-0.39, 0.29) is 75.5 Å². The third-order valence-corrected chi connectivity index (χ3v) is 4.59. The molecule has 0 aliphatic carbocycles. The monoisotopic (exact) mass is 740 g/mol. The first kappa shape index (κ1) is 58.0. The number of hydrogen-bond donors (Lipinski definition) is 16. The van der Waals surface area contributed by atoms with Gasteiger partial charge in [-0.1, -0.05) is 0 Å². The summed E-state index contributed by atoms with van der Waals surface area (Å²) in [7, 11) is 0. The van der Waals surface area contributed by atoms with Gasteiger partial charge in [-0.25, -0.2) is 0 Å². The molecule has 0 bridgehead atoms. The summed E-state index contributed by atoms with van der Waals surface area (Å²) in [5.74, 6) is -7.59. The molecule has 0 saturated heterocycles. The zero-order chi connectivity index (χ0) is 36.1. The molecule has 0 spiro atoms. The number of aliphatic carboxylic acids is 4. The fourth-order valence-electron chi connectivity index (χ4n) is 1.83. The molecule has 24 nitrogen and oxygen atoms in total. The van der Waals surface area contributed by atoms with Crippen LogP contribution in [0.2, 0.25) is 0 Å². The van der Waals surface area contributed by atoms with E-state index < -0.39 is 124 Å². The van der Waals surface area contributed by atoms with E-state index in [9.17, 15) is 39.6 Å². The van der Waals surface area contributed by atoms with Crippen molar-refractivity contribution in [3.8, 4) is 0 Å². The Hall–Kier alpha value is -0.241. The summed E-state index contributed by atoms with van der Waals surface area (Å²) in [6.45, 7) is -3.31. The fraction of sp³-hybridized carbons (Fsp3) is 0.800. The van der Waals surface area contributed by atoms with Crippen LogP contribution in [0.25, 0.3) is 0 Å². The molecule has 0 fully saturated rings. The first-order valence-electron chi connectivity index (χ1n) is 11.5. The number of rotatable bonds is 16. The second kappa shape index (κ2) is 32.0. The first-order valence-corrected chi connectivity index (χ1v) is 11.5. The molecule has 0 rings (SSSR count). The average Bonchev–Trinajstić information content (AvgIpc) is 3.00. The minimum atomic E-state index is -2.18. The molecule has 0 aromatic rings. The first-order chi connectivity index (χ1) is 20.0. The zero-order valence-corrected chi connectivity index (χ0v) is 28.0. The molecule has 264 valence electrons. The van der Waals surface area contributed by atoms with Crippen LogP contribution in [0.4, 0.5) is 0 Å². The van der Waals surface area contributed by atoms with Gasteiger partial charge in [0.25, 0.3) is 0 Å². The van der Waals surface area contributed by atoms with E-state index in [4.69, 9.17) is 81.7 Å². The average molecular weight is 741 g/mol. The van der Waals surface area contributed by atoms with Crippen LogP contribution < -0.4 is 20.4 Å². The predicted octanol–water partition coefficient (Wildman–Crippen LogP) is -17.5. The molecule has 0 radical (unpaired) electrons. The topological polar surface area (TPSA) is 484 Å². The maximum Gasteiger partial charge on any atom is 2.00 e. The number of carbonyl (C=O) groups excluding carboxylic acids is 4. The molecular weight excluding hydrogens is 704 g/mol. The molecule has 12 atom stereocenters. The summed E-state index contributed by atoms with van der Waals surface area (Å²) in [6, 6.07) is 0. The van der Waals surface area contributed by atoms with Crippen molar-refractivity contribution in [3.05, 3.63) is 0 Å². The number of aliphatic hydroxyl groups is 16. The Morgan fingerprint density at radius 3 is 0.522 bits per heavy atom. The zero-order valence-electron chi connectivity index (χ0n) is 23.6. The normalized spacial score (nSPS) is 18.1. The Morgan fingerprint density at radius 2 is 0.457 bits per heavy atom. The second-order valence-electron chi connectivity index (χ2n) is 8.02. The van der Waals surface area contributed by atoms with Crippen molar-refractivity contribution in [1.82, 2.24) is 0 Å². The van der Waals surface area contributed by atoms with Crippen LogP contribution in [0, 0.1) is 0 Å². The molecule has 0 aliphatic heterocycles. The van der Waals surface area contributed by atoms with E-state index >= 15 is 0 Å². The van der Waals surface area contributed by atoms with Crippen molar-refractivity contribution in [1.29, 1.82) is 0 Å². The van der Waals surface area contributed by atoms with Crippen molar-refractivity contribution in [2.75, 3.05) is 26.4 Å². The van der Waals surface area contributed by atoms with Crippen molar-refractivity contribution < 1.29 is 121 Å². The number of hydrogen-bond acceptors (Lipinski definition) is 24. The van der Waals surface area contributed by atoms with E-state index in [0.717, 1.165) is 0 Å². The van der Waals surface area contributed by atoms with Gasteiger partial charge in [-0.05, 0) is 0 Å². The minimum Gasteiger partial charge on any atom is -0.547 e. The molecule has 0 aromatic carbocycles. The smallest absolute Gasteiger partial charge is 0.547 e. The van der Waals surface area contributed by atoms with Gasteiger partial charge in [-0.3, -0.25) is 0 Å². The summed E-state index contributed by atoms with van der Waals surface area (Å²) in [5.41, 5.74) is 0. The summed E-state index contributed by atoms with van der Waals surface area (Å²) in [4.78, 5) is 39.4. The molecule has 16 N–H and O–H groups in total. The van der Waals surface area contributed by atoms with Crippen LogP contribution >= 0.6 is 0 Å². The SMILES string of the molecule is O=C([O-])[C@@H](O)[C@@H](O)[C@H](O)CO.O=C([O-])[C@@H](O)[C@@H](O)[C@H](O)CO.O=C([O-])[C@@H](O)[C@@H](O)[C@H](O)CO.O=C([O-])[C@@H](O)[C@@H](O)[C@H](O)CO.[Ca+2].[Ca+2]. The van der Waals surface area contributed by atoms with Gasteiger partial charge < -0.3 is 121 Å². The number of carboxylic acids is 4. The summed E-state index contributed by atoms with van der Waals surface area (Å²) in [5, 5.41) is 175. The largest absolute Gasteiger partial charge is 2.00 e. The van der Waals surface area contributed by atoms with Crippen molar-refractivity contribution in [2.45, 2.75) is 73.2 Å². The van der Waals surface area contributed by atoms with Crippen LogP contribution in [0.3, 0.4) is 0 Å². The van der Waals surface area contributed by atoms with E-state index in [2.05, 4.69) is 0 Å². The van der Waals surface area contributed by atoms with E-state index in [0.29, 0.717) is 0 Å². The molecule has 46 heavy (non-hydrogen) atoms. The molecule has 0 aromatic heterocycles. The molecule has 0 unspecified atom stereocenters. The van der Waals surface area contributed by atoms with Gasteiger partial charge in [-0.15, -0.1) is 0 Å². The van der Waals surface area contributed by atoms with Gasteiger partial charge in [0.05, 0.1) is 50.3 Å². The summed E-state index contributed by atoms with van der Waals surface area (Å²) < 4.78 is 0. The van der Waals surface area contributed by atoms with Gasteiger partial charge in [-0.2, -0.15) is 0 Å². The quantitative estimate of drug-likeness (QED) is 0.0653. The van der Waals surface area contributed by atoms with Crippen LogP contribution in [-0.4, -0.2) is 281 Å². The van der Waals surface area contributed by atoms with Crippen LogP contribution in [0.15, 0.2) is 0 Å². The van der Waals surface area contributed by atoms with E-state index in [1.807, 2.05) is 0 Å². The van der Waals surface area contributed by atoms with Gasteiger partial charge in [0.15, 0.2) is 0 Å². The second-order valence-corrected chi connectivity index (χ2v) is 8.02. The standard InChI is InChI=1S/4C5H10O6.2Ca/c4*6-1-2(7)3(8)4(9)5(10)11;;/h4*2-4,6-9H,1H2,(H,10,11);;/q;;;;2*+2/p-4/t4*2-,3+,4+;;/m1111../s1. The van der Waals surface area contributed by atoms with E-state index in [1.54, 1.807) is 0 Å². The van der Waals surface area contributed by atoms with Crippen LogP contribution in [0.1, 0.15) is 0 Å². The fourth-order valence-corrected chi connectivity index (χ4v) is 1.83. The third kappa shape index (κ3) is 25.7. The maximum atomic E-state index is 9.85. The summed E-state index contributed by atoms with van der Waals surface area (Å²) >= 11 is 0. The number of aliphatic hydroxyl groups excluding tert-OH is 16. The Bertz CT molecular complexity index is 680. The van der Waals surface area contributed by atoms with Gasteiger partial charge in [0, 0.05) is 0 Å². The van der Waals surface area contributed by atoms with Crippen LogP contribution in [0.5, 0.6) is 0 Å². The van der Waals surface area contributed by atoms with Crippen molar-refractivity contribution in [2.24, 2.45) is 0 Å². The molecule has 0 heterocycles. The number of carboxylic acid groups (broad SMARTS) is 4.